The Bertz CT molecular complexity index is 539. The molecule has 0 bridgehead atoms. The van der Waals surface area contributed by atoms with Crippen molar-refractivity contribution < 1.29 is 4.52 Å². The minimum Gasteiger partial charge on any atom is -0.361 e. The largest absolute Gasteiger partial charge is 0.361 e. The van der Waals surface area contributed by atoms with Crippen LogP contribution in [-0.2, 0) is 6.54 Å². The summed E-state index contributed by atoms with van der Waals surface area (Å²) < 4.78 is 7.28. The molecular weight excluding hydrogens is 238 g/mol. The topological polar surface area (TPSA) is 43.0 Å². The molecule has 3 rings (SSSR count). The molecule has 4 nitrogen and oxygen atoms in total. The van der Waals surface area contributed by atoms with E-state index in [1.54, 1.807) is 0 Å². The van der Waals surface area contributed by atoms with Gasteiger partial charge in [0.2, 0.25) is 0 Å². The van der Waals surface area contributed by atoms with Gasteiger partial charge in [-0.3, -0.25) is 0 Å². The first kappa shape index (κ1) is 12.5. The highest BCUT2D eigenvalue weighted by Gasteiger charge is 2.32. The van der Waals surface area contributed by atoms with E-state index in [0.717, 1.165) is 30.5 Å². The zero-order chi connectivity index (χ0) is 13.2. The lowest BCUT2D eigenvalue weighted by atomic mass is 10.1. The van der Waals surface area contributed by atoms with Crippen molar-refractivity contribution in [3.05, 3.63) is 41.5 Å². The fourth-order valence-electron chi connectivity index (χ4n) is 2.63. The number of aromatic nitrogens is 2. The van der Waals surface area contributed by atoms with E-state index in [0.29, 0.717) is 6.04 Å². The Morgan fingerprint density at radius 3 is 3.00 bits per heavy atom. The van der Waals surface area contributed by atoms with Crippen LogP contribution in [0.25, 0.3) is 0 Å². The molecular formula is C15H21N3O. The van der Waals surface area contributed by atoms with Gasteiger partial charge in [-0.15, -0.1) is 0 Å². The second kappa shape index (κ2) is 5.21. The highest BCUT2D eigenvalue weighted by atomic mass is 16.5. The van der Waals surface area contributed by atoms with Crippen molar-refractivity contribution in [1.29, 1.82) is 0 Å². The maximum absolute atomic E-state index is 5.10. The van der Waals surface area contributed by atoms with Crippen molar-refractivity contribution in [3.63, 3.8) is 0 Å². The van der Waals surface area contributed by atoms with Crippen molar-refractivity contribution in [2.24, 2.45) is 5.92 Å². The second-order valence-electron chi connectivity index (χ2n) is 5.42. The van der Waals surface area contributed by atoms with Crippen molar-refractivity contribution in [2.45, 2.75) is 39.3 Å². The molecule has 2 heterocycles. The van der Waals surface area contributed by atoms with Gasteiger partial charge in [-0.1, -0.05) is 12.1 Å². The molecule has 0 amide bonds. The molecule has 1 unspecified atom stereocenters. The Kier molecular flexibility index (Phi) is 3.42. The lowest BCUT2D eigenvalue weighted by molar-refractivity contribution is 0.389. The van der Waals surface area contributed by atoms with Gasteiger partial charge in [0.1, 0.15) is 11.5 Å². The van der Waals surface area contributed by atoms with Crippen LogP contribution in [0, 0.1) is 12.8 Å². The SMILES string of the molecule is CCNC(c1ccn(Cc2cc(C)on2)c1)C1CC1. The Morgan fingerprint density at radius 2 is 2.37 bits per heavy atom. The minimum absolute atomic E-state index is 0.519. The van der Waals surface area contributed by atoms with E-state index < -0.39 is 0 Å². The quantitative estimate of drug-likeness (QED) is 0.867. The van der Waals surface area contributed by atoms with Gasteiger partial charge in [0.05, 0.1) is 6.54 Å². The van der Waals surface area contributed by atoms with Gasteiger partial charge >= 0.3 is 0 Å². The summed E-state index contributed by atoms with van der Waals surface area (Å²) in [5, 5.41) is 7.63. The third kappa shape index (κ3) is 2.89. The maximum atomic E-state index is 5.10. The van der Waals surface area contributed by atoms with Crippen molar-refractivity contribution in [1.82, 2.24) is 15.0 Å². The van der Waals surface area contributed by atoms with Crippen LogP contribution in [0.5, 0.6) is 0 Å². The van der Waals surface area contributed by atoms with Gasteiger partial charge in [-0.25, -0.2) is 0 Å². The summed E-state index contributed by atoms with van der Waals surface area (Å²) in [5.41, 5.74) is 2.37. The van der Waals surface area contributed by atoms with Gasteiger partial charge < -0.3 is 14.4 Å². The predicted octanol–water partition coefficient (Wildman–Crippen LogP) is 2.89. The summed E-state index contributed by atoms with van der Waals surface area (Å²) in [6.07, 6.45) is 7.07. The normalized spacial score (nSPS) is 16.7. The van der Waals surface area contributed by atoms with Crippen molar-refractivity contribution >= 4 is 0 Å². The molecule has 0 spiro atoms. The molecule has 1 saturated carbocycles. The maximum Gasteiger partial charge on any atom is 0.133 e. The first-order valence-electron chi connectivity index (χ1n) is 7.07. The van der Waals surface area contributed by atoms with Crippen LogP contribution >= 0.6 is 0 Å². The van der Waals surface area contributed by atoms with E-state index in [1.165, 1.54) is 18.4 Å². The van der Waals surface area contributed by atoms with Crippen LogP contribution in [0.4, 0.5) is 0 Å². The molecule has 0 aromatic carbocycles. The summed E-state index contributed by atoms with van der Waals surface area (Å²) >= 11 is 0. The fraction of sp³-hybridized carbons (Fsp3) is 0.533. The first-order chi connectivity index (χ1) is 9.26. The molecule has 1 aliphatic carbocycles. The Hall–Kier alpha value is -1.55. The molecule has 1 fully saturated rings. The van der Waals surface area contributed by atoms with Crippen LogP contribution in [0.15, 0.2) is 29.0 Å². The molecule has 0 aliphatic heterocycles. The molecule has 102 valence electrons. The number of nitrogens with zero attached hydrogens (tertiary/aromatic N) is 2. The smallest absolute Gasteiger partial charge is 0.133 e. The molecule has 1 atom stereocenters. The van der Waals surface area contributed by atoms with Crippen LogP contribution in [0.3, 0.4) is 0 Å². The third-order valence-corrected chi connectivity index (χ3v) is 3.67. The summed E-state index contributed by atoms with van der Waals surface area (Å²) in [6.45, 7) is 5.89. The van der Waals surface area contributed by atoms with Crippen LogP contribution in [0.1, 0.15) is 42.8 Å². The molecule has 0 saturated heterocycles. The Labute approximate surface area is 113 Å². The average Bonchev–Trinajstić information content (AvgIpc) is 3.00. The van der Waals surface area contributed by atoms with Crippen molar-refractivity contribution in [2.75, 3.05) is 6.54 Å². The lowest BCUT2D eigenvalue weighted by Gasteiger charge is -2.15. The van der Waals surface area contributed by atoms with Gasteiger partial charge in [0, 0.05) is 24.5 Å². The fourth-order valence-corrected chi connectivity index (χ4v) is 2.63. The van der Waals surface area contributed by atoms with Crippen LogP contribution in [0.2, 0.25) is 0 Å². The molecule has 1 N–H and O–H groups in total. The van der Waals surface area contributed by atoms with Gasteiger partial charge in [0.15, 0.2) is 0 Å². The Balaban J connectivity index is 1.71. The highest BCUT2D eigenvalue weighted by molar-refractivity contribution is 5.19. The zero-order valence-corrected chi connectivity index (χ0v) is 11.6. The monoisotopic (exact) mass is 259 g/mol. The first-order valence-corrected chi connectivity index (χ1v) is 7.07. The average molecular weight is 259 g/mol. The standard InChI is InChI=1S/C15H21N3O/c1-3-16-15(12-4-5-12)13-6-7-18(9-13)10-14-8-11(2)19-17-14/h6-9,12,15-16H,3-5,10H2,1-2H3. The number of hydrogen-bond donors (Lipinski definition) is 1. The van der Waals surface area contributed by atoms with Gasteiger partial charge in [-0.05, 0) is 43.9 Å². The number of hydrogen-bond acceptors (Lipinski definition) is 3. The summed E-state index contributed by atoms with van der Waals surface area (Å²) in [6, 6.07) is 4.73. The number of nitrogens with one attached hydrogen (secondary N) is 1. The van der Waals surface area contributed by atoms with E-state index in [-0.39, 0.29) is 0 Å². The summed E-state index contributed by atoms with van der Waals surface area (Å²) in [4.78, 5) is 0. The minimum atomic E-state index is 0.519. The molecule has 1 aliphatic rings. The third-order valence-electron chi connectivity index (χ3n) is 3.67. The van der Waals surface area contributed by atoms with Crippen molar-refractivity contribution in [3.8, 4) is 0 Å². The highest BCUT2D eigenvalue weighted by Crippen LogP contribution is 2.41. The van der Waals surface area contributed by atoms with Crippen LogP contribution < -0.4 is 5.32 Å². The Morgan fingerprint density at radius 1 is 1.53 bits per heavy atom. The van der Waals surface area contributed by atoms with E-state index in [9.17, 15) is 0 Å². The zero-order valence-electron chi connectivity index (χ0n) is 11.6. The van der Waals surface area contributed by atoms with E-state index >= 15 is 0 Å². The molecule has 2 aromatic rings. The van der Waals surface area contributed by atoms with Gasteiger partial charge in [-0.2, -0.15) is 0 Å². The van der Waals surface area contributed by atoms with E-state index in [2.05, 4.69) is 40.4 Å². The molecule has 4 heteroatoms. The summed E-state index contributed by atoms with van der Waals surface area (Å²) in [7, 11) is 0. The molecule has 2 aromatic heterocycles. The number of aryl methyl sites for hydroxylation is 1. The van der Waals surface area contributed by atoms with Crippen LogP contribution in [-0.4, -0.2) is 16.3 Å². The van der Waals surface area contributed by atoms with E-state index in [1.807, 2.05) is 13.0 Å². The molecule has 19 heavy (non-hydrogen) atoms. The summed E-state index contributed by atoms with van der Waals surface area (Å²) in [5.74, 6) is 1.69. The lowest BCUT2D eigenvalue weighted by Crippen LogP contribution is -2.22. The van der Waals surface area contributed by atoms with E-state index in [4.69, 9.17) is 4.52 Å². The number of rotatable bonds is 6. The van der Waals surface area contributed by atoms with Gasteiger partial charge in [0.25, 0.3) is 0 Å². The molecule has 0 radical (unpaired) electrons. The second-order valence-corrected chi connectivity index (χ2v) is 5.42. The predicted molar refractivity (Wildman–Crippen MR) is 73.9 cm³/mol.